The summed E-state index contributed by atoms with van der Waals surface area (Å²) in [7, 11) is 0. The molecule has 0 spiro atoms. The number of thiol groups is 2. The number of aliphatic carboxylic acids is 2. The lowest BCUT2D eigenvalue weighted by Crippen LogP contribution is -2.22. The predicted molar refractivity (Wildman–Crippen MR) is 153 cm³/mol. The molecule has 0 saturated carbocycles. The van der Waals surface area contributed by atoms with Gasteiger partial charge in [-0.3, -0.25) is 9.59 Å². The molecule has 0 amide bonds. The second-order valence-electron chi connectivity index (χ2n) is 10.3. The Bertz CT molecular complexity index is 1250. The number of phenolic OH excluding ortho intramolecular Hbond substituents is 1. The zero-order valence-electron chi connectivity index (χ0n) is 21.3. The molecule has 0 aliphatic heterocycles. The summed E-state index contributed by atoms with van der Waals surface area (Å²) in [6.45, 7) is 5.95. The van der Waals surface area contributed by atoms with E-state index in [1.165, 1.54) is 0 Å². The minimum Gasteiger partial charge on any atom is -0.507 e. The molecule has 2 unspecified atom stereocenters. The van der Waals surface area contributed by atoms with E-state index >= 15 is 0 Å². The van der Waals surface area contributed by atoms with Crippen molar-refractivity contribution in [3.8, 4) is 5.75 Å². The smallest absolute Gasteiger partial charge is 0.304 e. The molecule has 5 nitrogen and oxygen atoms in total. The average Bonchev–Trinajstić information content (AvgIpc) is 2.78. The van der Waals surface area contributed by atoms with Crippen LogP contribution in [0.25, 0.3) is 0 Å². The van der Waals surface area contributed by atoms with Crippen LogP contribution in [0.2, 0.25) is 0 Å². The molecule has 0 aromatic heterocycles. The standard InChI is InChI=1S/C30H34O5S2/c1-30(2,3)28-21(15-19-12-8-5-9-13-19)26(22(36)16-24(31)32)20(14-18-10-6-4-7-11-18)27(29(28)35)23(37)17-25(33)34/h4-13,22-23,35-37H,14-17H2,1-3H3,(H,31,32)(H,33,34). The van der Waals surface area contributed by atoms with Crippen molar-refractivity contribution in [2.24, 2.45) is 0 Å². The third-order valence-electron chi connectivity index (χ3n) is 6.37. The molecule has 3 rings (SSSR count). The highest BCUT2D eigenvalue weighted by Crippen LogP contribution is 2.49. The van der Waals surface area contributed by atoms with Crippen molar-refractivity contribution in [1.82, 2.24) is 0 Å². The fourth-order valence-corrected chi connectivity index (χ4v) is 5.86. The fraction of sp³-hybridized carbons (Fsp3) is 0.333. The van der Waals surface area contributed by atoms with Gasteiger partial charge in [0, 0.05) is 21.6 Å². The first-order valence-electron chi connectivity index (χ1n) is 12.2. The molecule has 37 heavy (non-hydrogen) atoms. The van der Waals surface area contributed by atoms with Crippen LogP contribution in [0.5, 0.6) is 5.75 Å². The molecule has 3 aromatic rings. The number of aromatic hydroxyl groups is 1. The van der Waals surface area contributed by atoms with Crippen LogP contribution in [-0.4, -0.2) is 27.3 Å². The highest BCUT2D eigenvalue weighted by atomic mass is 32.1. The van der Waals surface area contributed by atoms with Crippen LogP contribution in [0, 0.1) is 0 Å². The zero-order chi connectivity index (χ0) is 27.3. The molecular weight excluding hydrogens is 504 g/mol. The average molecular weight is 539 g/mol. The van der Waals surface area contributed by atoms with Crippen molar-refractivity contribution in [3.05, 3.63) is 99.6 Å². The second kappa shape index (κ2) is 12.1. The molecule has 2 atom stereocenters. The summed E-state index contributed by atoms with van der Waals surface area (Å²) < 4.78 is 0. The van der Waals surface area contributed by atoms with Gasteiger partial charge in [0.2, 0.25) is 0 Å². The highest BCUT2D eigenvalue weighted by molar-refractivity contribution is 7.80. The molecule has 0 bridgehead atoms. The Kier molecular flexibility index (Phi) is 9.37. The molecule has 3 N–H and O–H groups in total. The maximum absolute atomic E-state index is 11.8. The van der Waals surface area contributed by atoms with Crippen LogP contribution in [-0.2, 0) is 27.8 Å². The highest BCUT2D eigenvalue weighted by Gasteiger charge is 2.34. The molecule has 0 aliphatic rings. The molecule has 3 aromatic carbocycles. The van der Waals surface area contributed by atoms with Crippen LogP contribution in [0.15, 0.2) is 60.7 Å². The van der Waals surface area contributed by atoms with Gasteiger partial charge < -0.3 is 15.3 Å². The number of hydrogen-bond acceptors (Lipinski definition) is 5. The van der Waals surface area contributed by atoms with Gasteiger partial charge in [-0.1, -0.05) is 81.4 Å². The lowest BCUT2D eigenvalue weighted by atomic mass is 9.74. The van der Waals surface area contributed by atoms with E-state index in [2.05, 4.69) is 12.6 Å². The number of carboxylic acids is 2. The van der Waals surface area contributed by atoms with E-state index in [9.17, 15) is 24.9 Å². The third kappa shape index (κ3) is 7.11. The number of rotatable bonds is 10. The molecule has 0 saturated heterocycles. The quantitative estimate of drug-likeness (QED) is 0.184. The van der Waals surface area contributed by atoms with Crippen molar-refractivity contribution in [3.63, 3.8) is 0 Å². The van der Waals surface area contributed by atoms with E-state index in [-0.39, 0.29) is 18.6 Å². The summed E-state index contributed by atoms with van der Waals surface area (Å²) in [5.41, 5.74) is 4.74. The van der Waals surface area contributed by atoms with E-state index in [1.807, 2.05) is 81.4 Å². The maximum atomic E-state index is 11.8. The first-order chi connectivity index (χ1) is 17.4. The molecule has 0 heterocycles. The van der Waals surface area contributed by atoms with E-state index in [0.29, 0.717) is 29.5 Å². The number of carboxylic acid groups (broad SMARTS) is 2. The molecular formula is C30H34O5S2. The summed E-state index contributed by atoms with van der Waals surface area (Å²) in [4.78, 5) is 23.5. The Labute approximate surface area is 229 Å². The Hall–Kier alpha value is -2.90. The number of phenols is 1. The summed E-state index contributed by atoms with van der Waals surface area (Å²) >= 11 is 9.43. The van der Waals surface area contributed by atoms with Gasteiger partial charge in [-0.15, -0.1) is 0 Å². The van der Waals surface area contributed by atoms with Crippen LogP contribution in [0.3, 0.4) is 0 Å². The van der Waals surface area contributed by atoms with Gasteiger partial charge in [-0.25, -0.2) is 0 Å². The van der Waals surface area contributed by atoms with Crippen molar-refractivity contribution >= 4 is 37.2 Å². The SMILES string of the molecule is CC(C)(C)c1c(O)c(C(S)CC(=O)O)c(Cc2ccccc2)c(C(S)CC(=O)O)c1Cc1ccccc1. The van der Waals surface area contributed by atoms with E-state index < -0.39 is 27.9 Å². The van der Waals surface area contributed by atoms with E-state index in [1.54, 1.807) is 0 Å². The Morgan fingerprint density at radius 3 is 1.54 bits per heavy atom. The zero-order valence-corrected chi connectivity index (χ0v) is 23.1. The largest absolute Gasteiger partial charge is 0.507 e. The fourth-order valence-electron chi connectivity index (χ4n) is 4.96. The van der Waals surface area contributed by atoms with Gasteiger partial charge >= 0.3 is 11.9 Å². The lowest BCUT2D eigenvalue weighted by molar-refractivity contribution is -0.138. The van der Waals surface area contributed by atoms with Gasteiger partial charge in [-0.2, -0.15) is 25.3 Å². The monoisotopic (exact) mass is 538 g/mol. The van der Waals surface area contributed by atoms with E-state index in [4.69, 9.17) is 12.6 Å². The Morgan fingerprint density at radius 1 is 0.730 bits per heavy atom. The van der Waals surface area contributed by atoms with Crippen LogP contribution < -0.4 is 0 Å². The number of hydrogen-bond donors (Lipinski definition) is 5. The Balaban J connectivity index is 2.46. The van der Waals surface area contributed by atoms with E-state index in [0.717, 1.165) is 22.3 Å². The molecule has 196 valence electrons. The van der Waals surface area contributed by atoms with Crippen LogP contribution in [0.4, 0.5) is 0 Å². The minimum atomic E-state index is -1.04. The molecule has 0 radical (unpaired) electrons. The summed E-state index contributed by atoms with van der Waals surface area (Å²) in [5.74, 6) is -2.01. The van der Waals surface area contributed by atoms with Gasteiger partial charge in [0.05, 0.1) is 12.8 Å². The third-order valence-corrected chi connectivity index (χ3v) is 7.25. The van der Waals surface area contributed by atoms with Crippen LogP contribution >= 0.6 is 25.3 Å². The number of benzene rings is 3. The first-order valence-corrected chi connectivity index (χ1v) is 13.2. The van der Waals surface area contributed by atoms with Crippen molar-refractivity contribution in [2.45, 2.75) is 62.4 Å². The van der Waals surface area contributed by atoms with Crippen LogP contribution in [0.1, 0.15) is 83.1 Å². The second-order valence-corrected chi connectivity index (χ2v) is 11.6. The van der Waals surface area contributed by atoms with Gasteiger partial charge in [0.1, 0.15) is 5.75 Å². The summed E-state index contributed by atoms with van der Waals surface area (Å²) in [6.07, 6.45) is 0.316. The molecule has 0 fully saturated rings. The normalized spacial score (nSPS) is 13.2. The number of carbonyl (C=O) groups is 2. The molecule has 0 aliphatic carbocycles. The Morgan fingerprint density at radius 2 is 1.14 bits per heavy atom. The lowest BCUT2D eigenvalue weighted by Gasteiger charge is -2.33. The van der Waals surface area contributed by atoms with Gasteiger partial charge in [0.15, 0.2) is 0 Å². The topological polar surface area (TPSA) is 94.8 Å². The minimum absolute atomic E-state index is 0.0187. The summed E-state index contributed by atoms with van der Waals surface area (Å²) in [5, 5.41) is 29.6. The van der Waals surface area contributed by atoms with Crippen molar-refractivity contribution in [2.75, 3.05) is 0 Å². The first kappa shape index (κ1) is 28.7. The maximum Gasteiger partial charge on any atom is 0.304 e. The van der Waals surface area contributed by atoms with Crippen molar-refractivity contribution < 1.29 is 24.9 Å². The summed E-state index contributed by atoms with van der Waals surface area (Å²) in [6, 6.07) is 19.4. The van der Waals surface area contributed by atoms with Gasteiger partial charge in [-0.05, 0) is 46.1 Å². The van der Waals surface area contributed by atoms with Gasteiger partial charge in [0.25, 0.3) is 0 Å². The molecule has 7 heteroatoms. The van der Waals surface area contributed by atoms with Crippen molar-refractivity contribution in [1.29, 1.82) is 0 Å². The predicted octanol–water partition coefficient (Wildman–Crippen LogP) is 6.76.